The number of methoxy groups -OCH3 is 1. The minimum absolute atomic E-state index is 0.00771. The zero-order valence-electron chi connectivity index (χ0n) is 18.5. The van der Waals surface area contributed by atoms with E-state index in [4.69, 9.17) is 18.6 Å². The van der Waals surface area contributed by atoms with E-state index in [9.17, 15) is 13.2 Å². The van der Waals surface area contributed by atoms with Crippen LogP contribution in [-0.2, 0) is 14.8 Å². The van der Waals surface area contributed by atoms with Crippen LogP contribution in [0.15, 0.2) is 63.9 Å². The number of sulfonamides is 1. The molecule has 1 aromatic heterocycles. The highest BCUT2D eigenvalue weighted by Crippen LogP contribution is 2.36. The Morgan fingerprint density at radius 2 is 1.76 bits per heavy atom. The number of carbonyl (C=O) groups excluding carboxylic acids is 1. The number of amides is 1. The fourth-order valence-electron chi connectivity index (χ4n) is 3.86. The summed E-state index contributed by atoms with van der Waals surface area (Å²) in [4.78, 5) is 12.8. The van der Waals surface area contributed by atoms with Crippen molar-refractivity contribution >= 4 is 43.6 Å². The second kappa shape index (κ2) is 8.54. The third-order valence-electron chi connectivity index (χ3n) is 5.56. The lowest BCUT2D eigenvalue weighted by atomic mass is 10.1. The number of anilines is 1. The van der Waals surface area contributed by atoms with Gasteiger partial charge in [0.1, 0.15) is 30.1 Å². The van der Waals surface area contributed by atoms with Crippen molar-refractivity contribution in [3.63, 3.8) is 0 Å². The van der Waals surface area contributed by atoms with Gasteiger partial charge in [-0.25, -0.2) is 8.42 Å². The van der Waals surface area contributed by atoms with Crippen molar-refractivity contribution < 1.29 is 31.8 Å². The maximum Gasteiger partial charge on any atom is 0.243 e. The van der Waals surface area contributed by atoms with Crippen LogP contribution < -0.4 is 19.5 Å². The van der Waals surface area contributed by atoms with Crippen LogP contribution in [0, 0.1) is 0 Å². The van der Waals surface area contributed by atoms with Gasteiger partial charge >= 0.3 is 0 Å². The Hall–Kier alpha value is -3.76. The summed E-state index contributed by atoms with van der Waals surface area (Å²) in [6.45, 7) is 0.340. The molecule has 1 aliphatic rings. The topological polar surface area (TPSA) is 107 Å². The number of benzene rings is 3. The number of rotatable bonds is 6. The highest BCUT2D eigenvalue weighted by Gasteiger charge is 2.26. The summed E-state index contributed by atoms with van der Waals surface area (Å²) in [7, 11) is -1.10. The first-order valence-electron chi connectivity index (χ1n) is 10.5. The lowest BCUT2D eigenvalue weighted by Crippen LogP contribution is -2.35. The number of furan rings is 1. The van der Waals surface area contributed by atoms with Crippen LogP contribution in [0.25, 0.3) is 21.9 Å². The van der Waals surface area contributed by atoms with E-state index in [0.717, 1.165) is 15.1 Å². The van der Waals surface area contributed by atoms with Gasteiger partial charge in [0.25, 0.3) is 0 Å². The number of carbonyl (C=O) groups is 1. The predicted molar refractivity (Wildman–Crippen MR) is 126 cm³/mol. The summed E-state index contributed by atoms with van der Waals surface area (Å²) >= 11 is 0. The van der Waals surface area contributed by atoms with Crippen molar-refractivity contribution in [1.82, 2.24) is 4.31 Å². The zero-order valence-corrected chi connectivity index (χ0v) is 19.3. The number of likely N-dealkylation sites (N-methyl/N-ethyl adjacent to an activating group) is 1. The molecule has 0 aliphatic carbocycles. The summed E-state index contributed by atoms with van der Waals surface area (Å²) in [5, 5.41) is 4.51. The largest absolute Gasteiger partial charge is 0.495 e. The average Bonchev–Trinajstić information content (AvgIpc) is 3.20. The van der Waals surface area contributed by atoms with Crippen molar-refractivity contribution in [2.24, 2.45) is 0 Å². The molecule has 10 heteroatoms. The van der Waals surface area contributed by atoms with Gasteiger partial charge in [-0.15, -0.1) is 0 Å². The van der Waals surface area contributed by atoms with Crippen LogP contribution in [0.1, 0.15) is 0 Å². The molecule has 0 spiro atoms. The summed E-state index contributed by atoms with van der Waals surface area (Å²) in [5.41, 5.74) is 1.67. The number of hydrogen-bond acceptors (Lipinski definition) is 7. The fourth-order valence-corrected chi connectivity index (χ4v) is 5.00. The molecular formula is C24H22N2O7S. The van der Waals surface area contributed by atoms with Crippen molar-refractivity contribution in [2.75, 3.05) is 39.2 Å². The van der Waals surface area contributed by atoms with Crippen molar-refractivity contribution in [1.29, 1.82) is 0 Å². The Bertz CT molecular complexity index is 1510. The van der Waals surface area contributed by atoms with E-state index in [0.29, 0.717) is 47.3 Å². The van der Waals surface area contributed by atoms with Gasteiger partial charge in [0.15, 0.2) is 11.5 Å². The number of ether oxygens (including phenoxy) is 3. The van der Waals surface area contributed by atoms with Crippen LogP contribution in [0.3, 0.4) is 0 Å². The number of nitrogens with one attached hydrogen (secondary N) is 1. The molecule has 0 radical (unpaired) electrons. The van der Waals surface area contributed by atoms with Crippen LogP contribution in [0.5, 0.6) is 17.2 Å². The molecule has 9 nitrogen and oxygen atoms in total. The smallest absolute Gasteiger partial charge is 0.243 e. The molecule has 1 amide bonds. The summed E-state index contributed by atoms with van der Waals surface area (Å²) < 4.78 is 49.2. The molecule has 0 bridgehead atoms. The molecule has 5 rings (SSSR count). The van der Waals surface area contributed by atoms with E-state index in [1.54, 1.807) is 18.2 Å². The first kappa shape index (κ1) is 22.1. The summed E-state index contributed by atoms with van der Waals surface area (Å²) in [6, 6.07) is 15.4. The van der Waals surface area contributed by atoms with E-state index in [-0.39, 0.29) is 4.90 Å². The third-order valence-corrected chi connectivity index (χ3v) is 7.36. The quantitative estimate of drug-likeness (QED) is 0.447. The third kappa shape index (κ3) is 3.91. The number of nitrogens with zero attached hydrogens (tertiary/aromatic N) is 1. The fraction of sp³-hybridized carbons (Fsp3) is 0.208. The SMILES string of the molecule is COc1cc2c(cc1NC(=O)CN(C)S(=O)(=O)c1ccc3c(c1)OCCO3)oc1ccccc12. The molecular weight excluding hydrogens is 460 g/mol. The maximum absolute atomic E-state index is 13.0. The molecule has 1 N–H and O–H groups in total. The highest BCUT2D eigenvalue weighted by atomic mass is 32.2. The van der Waals surface area contributed by atoms with Gasteiger partial charge < -0.3 is 23.9 Å². The van der Waals surface area contributed by atoms with Gasteiger partial charge in [-0.2, -0.15) is 4.31 Å². The first-order chi connectivity index (χ1) is 16.4. The minimum atomic E-state index is -3.94. The van der Waals surface area contributed by atoms with E-state index >= 15 is 0 Å². The molecule has 3 aromatic carbocycles. The van der Waals surface area contributed by atoms with E-state index < -0.39 is 22.5 Å². The number of hydrogen-bond donors (Lipinski definition) is 1. The van der Waals surface area contributed by atoms with Gasteiger partial charge in [0.05, 0.1) is 24.2 Å². The van der Waals surface area contributed by atoms with Crippen LogP contribution >= 0.6 is 0 Å². The molecule has 34 heavy (non-hydrogen) atoms. The molecule has 176 valence electrons. The minimum Gasteiger partial charge on any atom is -0.495 e. The molecule has 0 saturated heterocycles. The van der Waals surface area contributed by atoms with Crippen LogP contribution in [-0.4, -0.2) is 52.5 Å². The van der Waals surface area contributed by atoms with Crippen LogP contribution in [0.2, 0.25) is 0 Å². The molecule has 0 atom stereocenters. The molecule has 2 heterocycles. The number of para-hydroxylation sites is 1. The average molecular weight is 483 g/mol. The Labute approximate surface area is 195 Å². The van der Waals surface area contributed by atoms with Crippen LogP contribution in [0.4, 0.5) is 5.69 Å². The normalized spacial score (nSPS) is 13.4. The van der Waals surface area contributed by atoms with Crippen molar-refractivity contribution in [3.05, 3.63) is 54.6 Å². The molecule has 1 aliphatic heterocycles. The monoisotopic (exact) mass is 482 g/mol. The zero-order chi connectivity index (χ0) is 23.9. The predicted octanol–water partition coefficient (Wildman–Crippen LogP) is 3.63. The maximum atomic E-state index is 13.0. The van der Waals surface area contributed by atoms with E-state index in [1.165, 1.54) is 26.3 Å². The summed E-state index contributed by atoms with van der Waals surface area (Å²) in [6.07, 6.45) is 0. The summed E-state index contributed by atoms with van der Waals surface area (Å²) in [5.74, 6) is 0.745. The molecule has 0 unspecified atom stereocenters. The number of fused-ring (bicyclic) bond motifs is 4. The standard InChI is InChI=1S/C24H22N2O7S/c1-26(34(28,29)15-7-8-20-23(11-15)32-10-9-31-20)14-24(27)25-18-13-21-17(12-22(18)30-2)16-5-3-4-6-19(16)33-21/h3-8,11-13H,9-10,14H2,1-2H3,(H,25,27). The Morgan fingerprint density at radius 3 is 2.56 bits per heavy atom. The second-order valence-electron chi connectivity index (χ2n) is 7.76. The van der Waals surface area contributed by atoms with Gasteiger partial charge in [0.2, 0.25) is 15.9 Å². The molecule has 0 saturated carbocycles. The van der Waals surface area contributed by atoms with Gasteiger partial charge in [-0.1, -0.05) is 18.2 Å². The Morgan fingerprint density at radius 1 is 1.00 bits per heavy atom. The van der Waals surface area contributed by atoms with E-state index in [2.05, 4.69) is 5.32 Å². The molecule has 4 aromatic rings. The molecule has 0 fully saturated rings. The Kier molecular flexibility index (Phi) is 5.54. The van der Waals surface area contributed by atoms with Gasteiger partial charge in [-0.3, -0.25) is 4.79 Å². The van der Waals surface area contributed by atoms with E-state index in [1.807, 2.05) is 24.3 Å². The highest BCUT2D eigenvalue weighted by molar-refractivity contribution is 7.89. The lowest BCUT2D eigenvalue weighted by molar-refractivity contribution is -0.116. The Balaban J connectivity index is 1.36. The van der Waals surface area contributed by atoms with Gasteiger partial charge in [0, 0.05) is 30.0 Å². The van der Waals surface area contributed by atoms with Crippen molar-refractivity contribution in [2.45, 2.75) is 4.90 Å². The second-order valence-corrected chi connectivity index (χ2v) is 9.81. The van der Waals surface area contributed by atoms with Crippen molar-refractivity contribution in [3.8, 4) is 17.2 Å². The van der Waals surface area contributed by atoms with Gasteiger partial charge in [-0.05, 0) is 24.3 Å². The lowest BCUT2D eigenvalue weighted by Gasteiger charge is -2.21. The first-order valence-corrected chi connectivity index (χ1v) is 12.0.